The van der Waals surface area contributed by atoms with Gasteiger partial charge in [0.1, 0.15) is 0 Å². The van der Waals surface area contributed by atoms with Gasteiger partial charge in [-0.05, 0) is 78.5 Å². The van der Waals surface area contributed by atoms with Gasteiger partial charge in [0.15, 0.2) is 17.5 Å². The van der Waals surface area contributed by atoms with Crippen LogP contribution in [0.15, 0.2) is 188 Å². The number of hydrogen-bond donors (Lipinski definition) is 0. The van der Waals surface area contributed by atoms with Crippen molar-refractivity contribution < 1.29 is 0 Å². The average molecular weight is 704 g/mol. The molecule has 0 unspecified atom stereocenters. The molecule has 0 N–H and O–H groups in total. The Bertz CT molecular complexity index is 2790. The van der Waals surface area contributed by atoms with Crippen LogP contribution in [0.4, 0.5) is 0 Å². The second-order valence-electron chi connectivity index (χ2n) is 14.8. The lowest BCUT2D eigenvalue weighted by molar-refractivity contribution is 0.662. The summed E-state index contributed by atoms with van der Waals surface area (Å²) in [5.41, 5.74) is 15.1. The molecule has 3 heteroatoms. The molecule has 260 valence electrons. The van der Waals surface area contributed by atoms with Gasteiger partial charge in [-0.25, -0.2) is 15.0 Å². The van der Waals surface area contributed by atoms with Gasteiger partial charge in [0.05, 0.1) is 0 Å². The van der Waals surface area contributed by atoms with E-state index in [0.717, 1.165) is 44.3 Å². The summed E-state index contributed by atoms with van der Waals surface area (Å²) in [7, 11) is 0. The highest BCUT2D eigenvalue weighted by Gasteiger charge is 2.37. The van der Waals surface area contributed by atoms with Gasteiger partial charge in [-0.1, -0.05) is 190 Å². The molecule has 0 amide bonds. The minimum atomic E-state index is -0.136. The molecule has 0 fully saturated rings. The summed E-state index contributed by atoms with van der Waals surface area (Å²) in [4.78, 5) is 15.7. The molecule has 1 heterocycles. The molecule has 0 aliphatic heterocycles. The molecule has 10 rings (SSSR count). The Balaban J connectivity index is 1.16. The van der Waals surface area contributed by atoms with E-state index in [1.165, 1.54) is 38.8 Å². The molecule has 1 aliphatic rings. The normalized spacial score (nSPS) is 12.7. The van der Waals surface area contributed by atoms with Gasteiger partial charge in [0.2, 0.25) is 0 Å². The first-order valence-electron chi connectivity index (χ1n) is 18.9. The summed E-state index contributed by atoms with van der Waals surface area (Å²) < 4.78 is 0. The van der Waals surface area contributed by atoms with Gasteiger partial charge >= 0.3 is 0 Å². The van der Waals surface area contributed by atoms with E-state index in [4.69, 9.17) is 15.0 Å². The van der Waals surface area contributed by atoms with Gasteiger partial charge in [-0.3, -0.25) is 0 Å². The van der Waals surface area contributed by atoms with Crippen molar-refractivity contribution in [1.29, 1.82) is 0 Å². The Hall–Kier alpha value is -6.97. The molecular weight excluding hydrogens is 667 g/mol. The summed E-state index contributed by atoms with van der Waals surface area (Å²) in [6.45, 7) is 4.70. The second kappa shape index (κ2) is 13.2. The smallest absolute Gasteiger partial charge is 0.164 e. The van der Waals surface area contributed by atoms with E-state index in [2.05, 4.69) is 190 Å². The zero-order chi connectivity index (χ0) is 36.9. The van der Waals surface area contributed by atoms with Crippen molar-refractivity contribution >= 4 is 10.8 Å². The lowest BCUT2D eigenvalue weighted by atomic mass is 9.78. The van der Waals surface area contributed by atoms with E-state index in [1.54, 1.807) is 0 Å². The van der Waals surface area contributed by atoms with Crippen LogP contribution in [0.1, 0.15) is 25.0 Å². The summed E-state index contributed by atoms with van der Waals surface area (Å²) in [6.07, 6.45) is 0. The fourth-order valence-electron chi connectivity index (χ4n) is 8.50. The van der Waals surface area contributed by atoms with Gasteiger partial charge in [0.25, 0.3) is 0 Å². The number of hydrogen-bond acceptors (Lipinski definition) is 3. The number of nitrogens with zero attached hydrogens (tertiary/aromatic N) is 3. The topological polar surface area (TPSA) is 38.7 Å². The minimum absolute atomic E-state index is 0.136. The van der Waals surface area contributed by atoms with Crippen LogP contribution in [0.2, 0.25) is 0 Å². The van der Waals surface area contributed by atoms with E-state index in [1.807, 2.05) is 12.1 Å². The second-order valence-corrected chi connectivity index (χ2v) is 14.8. The van der Waals surface area contributed by atoms with Crippen molar-refractivity contribution in [1.82, 2.24) is 15.0 Å². The molecule has 8 aromatic carbocycles. The summed E-state index contributed by atoms with van der Waals surface area (Å²) in [5, 5.41) is 2.27. The first kappa shape index (κ1) is 32.7. The highest BCUT2D eigenvalue weighted by Crippen LogP contribution is 2.52. The third-order valence-electron chi connectivity index (χ3n) is 11.1. The maximum absolute atomic E-state index is 5.25. The number of fused-ring (bicyclic) bond motifs is 4. The van der Waals surface area contributed by atoms with Crippen molar-refractivity contribution in [3.8, 4) is 78.7 Å². The average Bonchev–Trinajstić information content (AvgIpc) is 3.50. The third-order valence-corrected chi connectivity index (χ3v) is 11.1. The molecule has 0 bridgehead atoms. The van der Waals surface area contributed by atoms with Crippen molar-refractivity contribution in [3.63, 3.8) is 0 Å². The van der Waals surface area contributed by atoms with Crippen LogP contribution in [-0.2, 0) is 5.41 Å². The van der Waals surface area contributed by atoms with Gasteiger partial charge in [-0.15, -0.1) is 0 Å². The maximum atomic E-state index is 5.25. The maximum Gasteiger partial charge on any atom is 0.164 e. The van der Waals surface area contributed by atoms with E-state index < -0.39 is 0 Å². The van der Waals surface area contributed by atoms with E-state index >= 15 is 0 Å². The molecule has 1 aliphatic carbocycles. The molecule has 0 radical (unpaired) electrons. The molecule has 55 heavy (non-hydrogen) atoms. The molecule has 0 saturated carbocycles. The predicted octanol–water partition coefficient (Wildman–Crippen LogP) is 13.3. The molecule has 1 aromatic heterocycles. The summed E-state index contributed by atoms with van der Waals surface area (Å²) in [6, 6.07) is 66.6. The van der Waals surface area contributed by atoms with Gasteiger partial charge < -0.3 is 0 Å². The Kier molecular flexibility index (Phi) is 7.81. The minimum Gasteiger partial charge on any atom is -0.208 e. The highest BCUT2D eigenvalue weighted by atomic mass is 15.0. The molecular formula is C52H37N3. The first-order chi connectivity index (χ1) is 27.0. The monoisotopic (exact) mass is 703 g/mol. The molecule has 0 saturated heterocycles. The van der Waals surface area contributed by atoms with Crippen molar-refractivity contribution in [2.75, 3.05) is 0 Å². The van der Waals surface area contributed by atoms with Crippen LogP contribution >= 0.6 is 0 Å². The largest absolute Gasteiger partial charge is 0.208 e. The van der Waals surface area contributed by atoms with Crippen molar-refractivity contribution in [3.05, 3.63) is 199 Å². The molecule has 0 spiro atoms. The molecule has 9 aromatic rings. The van der Waals surface area contributed by atoms with Crippen LogP contribution in [0, 0.1) is 0 Å². The van der Waals surface area contributed by atoms with E-state index in [-0.39, 0.29) is 5.41 Å². The Morgan fingerprint density at radius 1 is 0.309 bits per heavy atom. The van der Waals surface area contributed by atoms with Crippen LogP contribution in [-0.4, -0.2) is 15.0 Å². The van der Waals surface area contributed by atoms with Crippen LogP contribution < -0.4 is 0 Å². The predicted molar refractivity (Wildman–Crippen MR) is 228 cm³/mol. The van der Waals surface area contributed by atoms with Crippen LogP contribution in [0.25, 0.3) is 89.4 Å². The number of benzene rings is 8. The lowest BCUT2D eigenvalue weighted by Gasteiger charge is -2.25. The van der Waals surface area contributed by atoms with Gasteiger partial charge in [-0.2, -0.15) is 0 Å². The molecule has 3 nitrogen and oxygen atoms in total. The van der Waals surface area contributed by atoms with Crippen LogP contribution in [0.3, 0.4) is 0 Å². The highest BCUT2D eigenvalue weighted by molar-refractivity contribution is 6.05. The van der Waals surface area contributed by atoms with E-state index in [9.17, 15) is 0 Å². The summed E-state index contributed by atoms with van der Waals surface area (Å²) in [5.74, 6) is 1.91. The van der Waals surface area contributed by atoms with Crippen molar-refractivity contribution in [2.45, 2.75) is 19.3 Å². The fraction of sp³-hybridized carbons (Fsp3) is 0.0577. The zero-order valence-electron chi connectivity index (χ0n) is 30.7. The lowest BCUT2D eigenvalue weighted by Crippen LogP contribution is -2.16. The Morgan fingerprint density at radius 3 is 1.33 bits per heavy atom. The van der Waals surface area contributed by atoms with Crippen molar-refractivity contribution in [2.24, 2.45) is 0 Å². The third kappa shape index (κ3) is 5.64. The summed E-state index contributed by atoms with van der Waals surface area (Å²) >= 11 is 0. The van der Waals surface area contributed by atoms with Gasteiger partial charge in [0, 0.05) is 22.1 Å². The standard InChI is InChI=1S/C52H37N3/c1-52(2)47-31-10-9-24-43(47)45-29-15-28-44(48(45)52)41-26-13-27-42-40(41)25-14-30-46(42)51-54-49(38-22-11-20-36(32-38)34-16-5-3-6-17-34)53-50(55-51)39-23-12-21-37(33-39)35-18-7-4-8-19-35/h3-33H,1-2H3. The quantitative estimate of drug-likeness (QED) is 0.173. The Morgan fingerprint density at radius 2 is 0.709 bits per heavy atom. The molecule has 0 atom stereocenters. The first-order valence-corrected chi connectivity index (χ1v) is 18.9. The Labute approximate surface area is 321 Å². The zero-order valence-corrected chi connectivity index (χ0v) is 30.7. The van der Waals surface area contributed by atoms with E-state index in [0.29, 0.717) is 17.5 Å². The van der Waals surface area contributed by atoms with Crippen LogP contribution in [0.5, 0.6) is 0 Å². The SMILES string of the molecule is CC1(C)c2ccccc2-c2cccc(-c3cccc4c(-c5nc(-c6cccc(-c7ccccc7)c6)nc(-c6cccc(-c7ccccc7)c6)n5)cccc34)c21. The fourth-order valence-corrected chi connectivity index (χ4v) is 8.50. The number of rotatable bonds is 6. The number of aromatic nitrogens is 3.